The van der Waals surface area contributed by atoms with Gasteiger partial charge in [-0.25, -0.2) is 9.38 Å². The molecule has 0 saturated heterocycles. The van der Waals surface area contributed by atoms with Crippen molar-refractivity contribution in [2.24, 2.45) is 4.99 Å². The third kappa shape index (κ3) is 6.58. The quantitative estimate of drug-likeness (QED) is 0.485. The van der Waals surface area contributed by atoms with Crippen molar-refractivity contribution >= 4 is 23.5 Å². The molecule has 132 valence electrons. The van der Waals surface area contributed by atoms with Crippen molar-refractivity contribution in [3.8, 4) is 0 Å². The highest BCUT2D eigenvalue weighted by Crippen LogP contribution is 2.16. The molecule has 0 aromatic heterocycles. The fourth-order valence-electron chi connectivity index (χ4n) is 1.81. The van der Waals surface area contributed by atoms with Crippen molar-refractivity contribution in [1.29, 1.82) is 0 Å². The Bertz CT molecular complexity index is 631. The van der Waals surface area contributed by atoms with Gasteiger partial charge < -0.3 is 15.1 Å². The van der Waals surface area contributed by atoms with Crippen LogP contribution in [0.5, 0.6) is 0 Å². The summed E-state index contributed by atoms with van der Waals surface area (Å²) in [4.78, 5) is 19.4. The Hall–Kier alpha value is -2.08. The van der Waals surface area contributed by atoms with Gasteiger partial charge in [0, 0.05) is 34.2 Å². The van der Waals surface area contributed by atoms with Crippen LogP contribution in [0.1, 0.15) is 12.5 Å². The van der Waals surface area contributed by atoms with E-state index in [-0.39, 0.29) is 17.5 Å². The first-order chi connectivity index (χ1) is 11.2. The number of rotatable bonds is 6. The summed E-state index contributed by atoms with van der Waals surface area (Å²) in [7, 11) is 5.18. The molecule has 1 amide bonds. The van der Waals surface area contributed by atoms with Crippen molar-refractivity contribution in [2.45, 2.75) is 13.5 Å². The van der Waals surface area contributed by atoms with Crippen LogP contribution >= 0.6 is 11.6 Å². The van der Waals surface area contributed by atoms with Gasteiger partial charge in [0.1, 0.15) is 12.4 Å². The summed E-state index contributed by atoms with van der Waals surface area (Å²) >= 11 is 5.70. The summed E-state index contributed by atoms with van der Waals surface area (Å²) in [6, 6.07) is 4.66. The van der Waals surface area contributed by atoms with Crippen LogP contribution in [-0.2, 0) is 11.3 Å². The van der Waals surface area contributed by atoms with E-state index in [1.807, 2.05) is 18.9 Å². The zero-order valence-corrected chi connectivity index (χ0v) is 15.3. The molecule has 7 heteroatoms. The summed E-state index contributed by atoms with van der Waals surface area (Å²) in [5, 5.41) is 3.24. The number of benzene rings is 1. The molecule has 0 aliphatic heterocycles. The van der Waals surface area contributed by atoms with E-state index in [1.54, 1.807) is 20.2 Å². The van der Waals surface area contributed by atoms with Crippen LogP contribution in [0.15, 0.2) is 35.3 Å². The average molecular weight is 355 g/mol. The molecule has 1 aromatic rings. The molecule has 5 nitrogen and oxygen atoms in total. The average Bonchev–Trinajstić information content (AvgIpc) is 2.50. The van der Waals surface area contributed by atoms with Gasteiger partial charge in [-0.1, -0.05) is 29.8 Å². The van der Waals surface area contributed by atoms with Crippen LogP contribution in [0.2, 0.25) is 5.02 Å². The zero-order valence-electron chi connectivity index (χ0n) is 14.6. The summed E-state index contributed by atoms with van der Waals surface area (Å²) in [6.07, 6.45) is 0. The Morgan fingerprint density at radius 1 is 1.38 bits per heavy atom. The van der Waals surface area contributed by atoms with Gasteiger partial charge in [-0.3, -0.25) is 4.79 Å². The van der Waals surface area contributed by atoms with E-state index in [1.165, 1.54) is 17.0 Å². The fourth-order valence-corrected chi connectivity index (χ4v) is 1.93. The van der Waals surface area contributed by atoms with Gasteiger partial charge in [-0.05, 0) is 24.6 Å². The highest BCUT2D eigenvalue weighted by atomic mass is 35.5. The van der Waals surface area contributed by atoms with Crippen LogP contribution < -0.4 is 5.32 Å². The molecule has 24 heavy (non-hydrogen) atoms. The standard InChI is InChI=1S/C17H24ClFN4O/c1-12(2)9-20-17(21-10-16(24)22(3)4)23(5)11-13-6-7-14(18)15(19)8-13/h6-8H,1,9-11H2,2-5H3,(H,20,21). The van der Waals surface area contributed by atoms with Gasteiger partial charge in [0.25, 0.3) is 0 Å². The number of hydrogen-bond acceptors (Lipinski definition) is 2. The van der Waals surface area contributed by atoms with Crippen molar-refractivity contribution in [3.05, 3.63) is 46.8 Å². The first-order valence-corrected chi connectivity index (χ1v) is 7.86. The van der Waals surface area contributed by atoms with Crippen LogP contribution in [0.25, 0.3) is 0 Å². The molecule has 0 fully saturated rings. The molecule has 1 aromatic carbocycles. The lowest BCUT2D eigenvalue weighted by Crippen LogP contribution is -2.40. The summed E-state index contributed by atoms with van der Waals surface area (Å²) in [5.74, 6) is -0.0159. The van der Waals surface area contributed by atoms with Crippen LogP contribution in [0.4, 0.5) is 4.39 Å². The van der Waals surface area contributed by atoms with Crippen molar-refractivity contribution in [2.75, 3.05) is 34.2 Å². The van der Waals surface area contributed by atoms with Crippen molar-refractivity contribution in [3.63, 3.8) is 0 Å². The molecule has 0 aliphatic rings. The van der Waals surface area contributed by atoms with Gasteiger partial charge >= 0.3 is 0 Å². The Balaban J connectivity index is 2.86. The fraction of sp³-hybridized carbons (Fsp3) is 0.412. The molecule has 1 N–H and O–H groups in total. The summed E-state index contributed by atoms with van der Waals surface area (Å²) in [5.41, 5.74) is 1.69. The second-order valence-electron chi connectivity index (χ2n) is 5.84. The number of nitrogens with zero attached hydrogens (tertiary/aromatic N) is 3. The molecule has 0 unspecified atom stereocenters. The first kappa shape index (κ1) is 20.0. The Morgan fingerprint density at radius 2 is 2.04 bits per heavy atom. The predicted molar refractivity (Wildman–Crippen MR) is 96.7 cm³/mol. The number of amides is 1. The van der Waals surface area contributed by atoms with E-state index in [0.29, 0.717) is 19.0 Å². The predicted octanol–water partition coefficient (Wildman–Crippen LogP) is 2.52. The minimum atomic E-state index is -0.460. The largest absolute Gasteiger partial charge is 0.353 e. The zero-order chi connectivity index (χ0) is 18.3. The third-order valence-corrected chi connectivity index (χ3v) is 3.48. The SMILES string of the molecule is C=C(C)CNC(=NCC(=O)N(C)C)N(C)Cc1ccc(Cl)c(F)c1. The number of halogens is 2. The summed E-state index contributed by atoms with van der Waals surface area (Å²) < 4.78 is 13.6. The second-order valence-corrected chi connectivity index (χ2v) is 6.25. The van der Waals surface area contributed by atoms with Gasteiger partial charge in [-0.2, -0.15) is 0 Å². The van der Waals surface area contributed by atoms with Crippen molar-refractivity contribution in [1.82, 2.24) is 15.1 Å². The lowest BCUT2D eigenvalue weighted by molar-refractivity contribution is -0.127. The number of guanidine groups is 1. The highest BCUT2D eigenvalue weighted by molar-refractivity contribution is 6.30. The van der Waals surface area contributed by atoms with E-state index in [0.717, 1.165) is 11.1 Å². The lowest BCUT2D eigenvalue weighted by Gasteiger charge is -2.23. The molecular formula is C17H24ClFN4O. The molecule has 0 aliphatic carbocycles. The number of nitrogens with one attached hydrogen (secondary N) is 1. The Labute approximate surface area is 147 Å². The highest BCUT2D eigenvalue weighted by Gasteiger charge is 2.10. The number of aliphatic imine (C=N–C) groups is 1. The Morgan fingerprint density at radius 3 is 2.58 bits per heavy atom. The molecule has 1 rings (SSSR count). The number of carbonyl (C=O) groups excluding carboxylic acids is 1. The molecular weight excluding hydrogens is 331 g/mol. The van der Waals surface area contributed by atoms with E-state index >= 15 is 0 Å². The second kappa shape index (κ2) is 9.27. The maximum atomic E-state index is 13.6. The van der Waals surface area contributed by atoms with Gasteiger partial charge in [-0.15, -0.1) is 0 Å². The van der Waals surface area contributed by atoms with Crippen molar-refractivity contribution < 1.29 is 9.18 Å². The van der Waals surface area contributed by atoms with Gasteiger partial charge in [0.2, 0.25) is 5.91 Å². The number of likely N-dealkylation sites (N-methyl/N-ethyl adjacent to an activating group) is 1. The maximum absolute atomic E-state index is 13.6. The smallest absolute Gasteiger partial charge is 0.243 e. The summed E-state index contributed by atoms with van der Waals surface area (Å²) in [6.45, 7) is 6.72. The number of carbonyl (C=O) groups is 1. The number of hydrogen-bond donors (Lipinski definition) is 1. The van der Waals surface area contributed by atoms with E-state index in [2.05, 4.69) is 16.9 Å². The van der Waals surface area contributed by atoms with Crippen LogP contribution in [-0.4, -0.2) is 55.9 Å². The van der Waals surface area contributed by atoms with E-state index in [9.17, 15) is 9.18 Å². The topological polar surface area (TPSA) is 47.9 Å². The van der Waals surface area contributed by atoms with E-state index in [4.69, 9.17) is 11.6 Å². The molecule has 0 atom stereocenters. The van der Waals surface area contributed by atoms with Gasteiger partial charge in [0.05, 0.1) is 5.02 Å². The van der Waals surface area contributed by atoms with E-state index < -0.39 is 5.82 Å². The minimum absolute atomic E-state index is 0.0326. The third-order valence-electron chi connectivity index (χ3n) is 3.18. The van der Waals surface area contributed by atoms with Gasteiger partial charge in [0.15, 0.2) is 5.96 Å². The first-order valence-electron chi connectivity index (χ1n) is 7.48. The molecule has 0 saturated carbocycles. The van der Waals surface area contributed by atoms with Crippen LogP contribution in [0.3, 0.4) is 0 Å². The molecule has 0 spiro atoms. The maximum Gasteiger partial charge on any atom is 0.243 e. The normalized spacial score (nSPS) is 11.2. The minimum Gasteiger partial charge on any atom is -0.353 e. The molecule has 0 bridgehead atoms. The molecule has 0 heterocycles. The molecule has 0 radical (unpaired) electrons. The Kier molecular flexibility index (Phi) is 7.71. The van der Waals surface area contributed by atoms with Crippen LogP contribution in [0, 0.1) is 5.82 Å². The lowest BCUT2D eigenvalue weighted by atomic mass is 10.2. The monoisotopic (exact) mass is 354 g/mol.